The lowest BCUT2D eigenvalue weighted by Crippen LogP contribution is -2.36. The van der Waals surface area contributed by atoms with Crippen LogP contribution in [0.1, 0.15) is 6.42 Å². The fourth-order valence-corrected chi connectivity index (χ4v) is 0.948. The summed E-state index contributed by atoms with van der Waals surface area (Å²) in [5.41, 5.74) is 5.35. The van der Waals surface area contributed by atoms with Gasteiger partial charge in [0.1, 0.15) is 0 Å². The molecule has 0 radical (unpaired) electrons. The summed E-state index contributed by atoms with van der Waals surface area (Å²) in [6.07, 6.45) is 2.74. The second-order valence-corrected chi connectivity index (χ2v) is 3.02. The van der Waals surface area contributed by atoms with Gasteiger partial charge in [0, 0.05) is 13.0 Å². The van der Waals surface area contributed by atoms with Gasteiger partial charge in [0.15, 0.2) is 6.54 Å². The van der Waals surface area contributed by atoms with Crippen molar-refractivity contribution in [3.63, 3.8) is 0 Å². The van der Waals surface area contributed by atoms with Crippen LogP contribution in [0.25, 0.3) is 0 Å². The lowest BCUT2D eigenvalue weighted by Gasteiger charge is -2.04. The van der Waals surface area contributed by atoms with Crippen LogP contribution in [0.3, 0.4) is 0 Å². The maximum absolute atomic E-state index is 5.35. The lowest BCUT2D eigenvalue weighted by molar-refractivity contribution is -0.762. The predicted molar refractivity (Wildman–Crippen MR) is 44.3 cm³/mol. The number of nitrogen functional groups attached to an aromatic ring is 1. The second-order valence-electron chi connectivity index (χ2n) is 3.02. The third-order valence-electron chi connectivity index (χ3n) is 1.52. The Labute approximate surface area is 71.7 Å². The largest absolute Gasteiger partial charge is 0.362 e. The lowest BCUT2D eigenvalue weighted by atomic mass is 10.4. The van der Waals surface area contributed by atoms with Gasteiger partial charge in [-0.25, -0.2) is 0 Å². The van der Waals surface area contributed by atoms with Crippen molar-refractivity contribution in [3.8, 4) is 0 Å². The van der Waals surface area contributed by atoms with Crippen LogP contribution in [-0.2, 0) is 6.54 Å². The van der Waals surface area contributed by atoms with E-state index in [9.17, 15) is 0 Å². The van der Waals surface area contributed by atoms with Crippen molar-refractivity contribution in [1.82, 2.24) is 10.2 Å². The molecule has 68 valence electrons. The first kappa shape index (κ1) is 8.99. The molecule has 2 N–H and O–H groups in total. The number of nitrogens with two attached hydrogens (primary N) is 1. The molecule has 0 saturated heterocycles. The zero-order valence-electron chi connectivity index (χ0n) is 7.53. The molecule has 1 heterocycles. The SMILES string of the molecule is CN(C)CCC[n+]1cc(N)on1. The summed E-state index contributed by atoms with van der Waals surface area (Å²) in [4.78, 5) is 2.13. The molecule has 0 atom stereocenters. The summed E-state index contributed by atoms with van der Waals surface area (Å²) in [5.74, 6) is 0.361. The summed E-state index contributed by atoms with van der Waals surface area (Å²) in [6, 6.07) is 0. The molecule has 5 nitrogen and oxygen atoms in total. The molecule has 0 bridgehead atoms. The highest BCUT2D eigenvalue weighted by atomic mass is 16.5. The maximum Gasteiger partial charge on any atom is 0.293 e. The number of nitrogens with zero attached hydrogens (tertiary/aromatic N) is 3. The molecule has 0 aromatic carbocycles. The summed E-state index contributed by atoms with van der Waals surface area (Å²) in [5, 5.41) is 3.71. The average Bonchev–Trinajstić information content (AvgIpc) is 2.35. The molecule has 12 heavy (non-hydrogen) atoms. The van der Waals surface area contributed by atoms with Crippen LogP contribution in [0.15, 0.2) is 10.7 Å². The van der Waals surface area contributed by atoms with E-state index in [1.54, 1.807) is 10.9 Å². The van der Waals surface area contributed by atoms with Crippen molar-refractivity contribution in [1.29, 1.82) is 0 Å². The molecular weight excluding hydrogens is 156 g/mol. The van der Waals surface area contributed by atoms with Crippen LogP contribution >= 0.6 is 0 Å². The molecule has 0 aliphatic rings. The third kappa shape index (κ3) is 2.87. The van der Waals surface area contributed by atoms with E-state index in [1.807, 2.05) is 14.1 Å². The van der Waals surface area contributed by atoms with Gasteiger partial charge in [0.05, 0.1) is 0 Å². The molecule has 0 spiro atoms. The fourth-order valence-electron chi connectivity index (χ4n) is 0.948. The molecule has 5 heteroatoms. The van der Waals surface area contributed by atoms with Crippen molar-refractivity contribution in [2.75, 3.05) is 26.4 Å². The van der Waals surface area contributed by atoms with E-state index >= 15 is 0 Å². The van der Waals surface area contributed by atoms with Gasteiger partial charge < -0.3 is 10.6 Å². The minimum Gasteiger partial charge on any atom is -0.362 e. The van der Waals surface area contributed by atoms with Gasteiger partial charge in [0.2, 0.25) is 5.27 Å². The predicted octanol–water partition coefficient (Wildman–Crippen LogP) is -0.504. The normalized spacial score (nSPS) is 10.9. The quantitative estimate of drug-likeness (QED) is 0.620. The molecule has 0 amide bonds. The average molecular weight is 171 g/mol. The first-order valence-corrected chi connectivity index (χ1v) is 3.95. The van der Waals surface area contributed by atoms with E-state index in [1.165, 1.54) is 0 Å². The Bertz CT molecular complexity index is 233. The maximum atomic E-state index is 5.35. The van der Waals surface area contributed by atoms with E-state index in [0.29, 0.717) is 5.88 Å². The van der Waals surface area contributed by atoms with Gasteiger partial charge in [0.25, 0.3) is 12.1 Å². The number of anilines is 1. The molecule has 0 aliphatic carbocycles. The van der Waals surface area contributed by atoms with Gasteiger partial charge in [-0.2, -0.15) is 0 Å². The smallest absolute Gasteiger partial charge is 0.293 e. The number of hydrogen-bond donors (Lipinski definition) is 1. The Morgan fingerprint density at radius 1 is 1.67 bits per heavy atom. The topological polar surface area (TPSA) is 59.2 Å². The first-order valence-electron chi connectivity index (χ1n) is 3.95. The Kier molecular flexibility index (Phi) is 3.04. The highest BCUT2D eigenvalue weighted by molar-refractivity contribution is 5.11. The van der Waals surface area contributed by atoms with Crippen molar-refractivity contribution >= 4 is 5.88 Å². The monoisotopic (exact) mass is 171 g/mol. The summed E-state index contributed by atoms with van der Waals surface area (Å²) < 4.78 is 6.41. The Hall–Kier alpha value is -1.10. The summed E-state index contributed by atoms with van der Waals surface area (Å²) in [7, 11) is 4.09. The molecule has 0 fully saturated rings. The van der Waals surface area contributed by atoms with Gasteiger partial charge in [-0.15, -0.1) is 0 Å². The molecule has 1 aromatic rings. The van der Waals surface area contributed by atoms with E-state index < -0.39 is 0 Å². The van der Waals surface area contributed by atoms with E-state index in [-0.39, 0.29) is 0 Å². The molecule has 1 aromatic heterocycles. The van der Waals surface area contributed by atoms with E-state index in [0.717, 1.165) is 19.5 Å². The molecule has 0 aliphatic heterocycles. The van der Waals surface area contributed by atoms with Crippen LogP contribution in [0.4, 0.5) is 5.88 Å². The molecule has 0 saturated carbocycles. The zero-order chi connectivity index (χ0) is 8.97. The van der Waals surface area contributed by atoms with E-state index in [2.05, 4.69) is 10.2 Å². The highest BCUT2D eigenvalue weighted by Crippen LogP contribution is 1.91. The second kappa shape index (κ2) is 4.06. The van der Waals surface area contributed by atoms with Crippen LogP contribution in [0.2, 0.25) is 0 Å². The molecular formula is C7H15N4O+. The van der Waals surface area contributed by atoms with Gasteiger partial charge in [-0.1, -0.05) is 4.68 Å². The highest BCUT2D eigenvalue weighted by Gasteiger charge is 2.07. The number of rotatable bonds is 4. The zero-order valence-corrected chi connectivity index (χ0v) is 7.53. The van der Waals surface area contributed by atoms with Crippen LogP contribution in [0, 0.1) is 0 Å². The standard InChI is InChI=1S/C7H15N4O/c1-10(2)4-3-5-11-6-7(8)12-9-11/h6H,3-5,8H2,1-2H3/q+1. The summed E-state index contributed by atoms with van der Waals surface area (Å²) >= 11 is 0. The van der Waals surface area contributed by atoms with Gasteiger partial charge in [-0.3, -0.25) is 4.52 Å². The van der Waals surface area contributed by atoms with Gasteiger partial charge in [-0.05, 0) is 14.1 Å². The van der Waals surface area contributed by atoms with Crippen molar-refractivity contribution < 1.29 is 9.20 Å². The number of aromatic nitrogens is 2. The Morgan fingerprint density at radius 2 is 2.42 bits per heavy atom. The molecule has 1 rings (SSSR count). The minimum atomic E-state index is 0.361. The number of aryl methyl sites for hydroxylation is 1. The van der Waals surface area contributed by atoms with Crippen molar-refractivity contribution in [3.05, 3.63) is 6.20 Å². The van der Waals surface area contributed by atoms with Crippen LogP contribution in [0.5, 0.6) is 0 Å². The fraction of sp³-hybridized carbons (Fsp3) is 0.714. The van der Waals surface area contributed by atoms with Gasteiger partial charge >= 0.3 is 0 Å². The minimum absolute atomic E-state index is 0.361. The summed E-state index contributed by atoms with van der Waals surface area (Å²) in [6.45, 7) is 1.89. The Morgan fingerprint density at radius 3 is 2.92 bits per heavy atom. The Balaban J connectivity index is 2.24. The molecule has 0 unspecified atom stereocenters. The van der Waals surface area contributed by atoms with E-state index in [4.69, 9.17) is 10.3 Å². The van der Waals surface area contributed by atoms with Crippen molar-refractivity contribution in [2.45, 2.75) is 13.0 Å². The first-order chi connectivity index (χ1) is 5.68. The third-order valence-corrected chi connectivity index (χ3v) is 1.52. The van der Waals surface area contributed by atoms with Crippen LogP contribution < -0.4 is 10.4 Å². The number of hydrogen-bond acceptors (Lipinski definition) is 4. The van der Waals surface area contributed by atoms with Crippen molar-refractivity contribution in [2.24, 2.45) is 0 Å². The van der Waals surface area contributed by atoms with Crippen LogP contribution in [-0.4, -0.2) is 30.8 Å².